The number of para-hydroxylation sites is 1. The number of hydrogen-bond donors (Lipinski definition) is 2. The quantitative estimate of drug-likeness (QED) is 0.868. The lowest BCUT2D eigenvalue weighted by Crippen LogP contribution is -2.43. The number of likely N-dealkylation sites (tertiary alicyclic amines) is 1. The fraction of sp³-hybridized carbons (Fsp3) is 0.500. The van der Waals surface area contributed by atoms with Crippen LogP contribution >= 0.6 is 0 Å². The van der Waals surface area contributed by atoms with Gasteiger partial charge in [0.15, 0.2) is 0 Å². The Balaban J connectivity index is 1.45. The topological polar surface area (TPSA) is 74.7 Å². The summed E-state index contributed by atoms with van der Waals surface area (Å²) in [5.74, 6) is -0.115. The summed E-state index contributed by atoms with van der Waals surface area (Å²) < 4.78 is 5.44. The lowest BCUT2D eigenvalue weighted by atomic mass is 10.0. The van der Waals surface area contributed by atoms with E-state index in [1.165, 1.54) is 0 Å². The molecular weight excluding hydrogens is 330 g/mol. The van der Waals surface area contributed by atoms with E-state index in [2.05, 4.69) is 15.2 Å². The molecule has 1 aromatic carbocycles. The van der Waals surface area contributed by atoms with Crippen LogP contribution in [0.5, 0.6) is 0 Å². The molecule has 0 saturated carbocycles. The lowest BCUT2D eigenvalue weighted by Gasteiger charge is -2.31. The van der Waals surface area contributed by atoms with Crippen molar-refractivity contribution in [2.75, 3.05) is 32.9 Å². The van der Waals surface area contributed by atoms with Gasteiger partial charge in [0.25, 0.3) is 5.91 Å². The maximum Gasteiger partial charge on any atom is 0.270 e. The summed E-state index contributed by atoms with van der Waals surface area (Å²) in [6, 6.07) is 11.9. The number of hydrogen-bond acceptors (Lipinski definition) is 5. The third kappa shape index (κ3) is 3.58. The van der Waals surface area contributed by atoms with Gasteiger partial charge in [-0.05, 0) is 25.0 Å². The number of nitrogens with zero attached hydrogens (tertiary/aromatic N) is 2. The van der Waals surface area contributed by atoms with Crippen LogP contribution in [-0.2, 0) is 4.74 Å². The van der Waals surface area contributed by atoms with Gasteiger partial charge in [-0.3, -0.25) is 9.69 Å². The van der Waals surface area contributed by atoms with Crippen LogP contribution in [0.25, 0.3) is 10.9 Å². The monoisotopic (exact) mass is 355 g/mol. The summed E-state index contributed by atoms with van der Waals surface area (Å²) in [7, 11) is 0. The Morgan fingerprint density at radius 3 is 2.81 bits per heavy atom. The Bertz CT molecular complexity index is 776. The van der Waals surface area contributed by atoms with E-state index in [0.29, 0.717) is 11.7 Å². The Hall–Kier alpha value is -2.02. The zero-order valence-electron chi connectivity index (χ0n) is 14.8. The Labute approximate surface area is 153 Å². The third-order valence-corrected chi connectivity index (χ3v) is 5.56. The molecule has 0 radical (unpaired) electrons. The first-order chi connectivity index (χ1) is 12.7. The zero-order chi connectivity index (χ0) is 17.9. The number of pyridine rings is 1. The van der Waals surface area contributed by atoms with Crippen LogP contribution in [-0.4, -0.2) is 65.9 Å². The molecule has 2 fully saturated rings. The second-order valence-electron chi connectivity index (χ2n) is 7.21. The van der Waals surface area contributed by atoms with E-state index >= 15 is 0 Å². The highest BCUT2D eigenvalue weighted by atomic mass is 16.5. The maximum absolute atomic E-state index is 12.7. The van der Waals surface area contributed by atoms with Crippen LogP contribution in [0.15, 0.2) is 36.4 Å². The molecule has 4 rings (SSSR count). The first-order valence-electron chi connectivity index (χ1n) is 9.34. The van der Waals surface area contributed by atoms with Gasteiger partial charge in [-0.25, -0.2) is 4.98 Å². The van der Waals surface area contributed by atoms with Crippen LogP contribution < -0.4 is 5.32 Å². The molecule has 1 amide bonds. The lowest BCUT2D eigenvalue weighted by molar-refractivity contribution is 0.0398. The van der Waals surface area contributed by atoms with Gasteiger partial charge >= 0.3 is 0 Å². The number of aliphatic hydroxyl groups is 1. The SMILES string of the molecule is O=C(N[C@@H]1CN(C2CCOCC2)C[C@H]1CO)c1ccc2ccccc2n1. The molecule has 2 N–H and O–H groups in total. The van der Waals surface area contributed by atoms with E-state index in [0.717, 1.165) is 50.0 Å². The highest BCUT2D eigenvalue weighted by Crippen LogP contribution is 2.24. The van der Waals surface area contributed by atoms with Crippen LogP contribution in [0, 0.1) is 5.92 Å². The van der Waals surface area contributed by atoms with Crippen LogP contribution in [0.4, 0.5) is 0 Å². The minimum Gasteiger partial charge on any atom is -0.396 e. The number of rotatable bonds is 4. The Morgan fingerprint density at radius 1 is 1.19 bits per heavy atom. The number of benzene rings is 1. The standard InChI is InChI=1S/C20H25N3O3/c24-13-15-11-23(16-7-9-26-10-8-16)12-19(15)22-20(25)18-6-5-14-3-1-2-4-17(14)21-18/h1-6,15-16,19,24H,7-13H2,(H,22,25)/t15-,19+/m0/s1. The van der Waals surface area contributed by atoms with Gasteiger partial charge in [0.2, 0.25) is 0 Å². The first-order valence-corrected chi connectivity index (χ1v) is 9.34. The summed E-state index contributed by atoms with van der Waals surface area (Å²) in [6.07, 6.45) is 2.04. The number of fused-ring (bicyclic) bond motifs is 1. The van der Waals surface area contributed by atoms with Crippen molar-refractivity contribution in [3.05, 3.63) is 42.1 Å². The average molecular weight is 355 g/mol. The number of aromatic nitrogens is 1. The summed E-state index contributed by atoms with van der Waals surface area (Å²) in [4.78, 5) is 19.6. The van der Waals surface area contributed by atoms with Crippen LogP contribution in [0.1, 0.15) is 23.3 Å². The number of nitrogens with one attached hydrogen (secondary N) is 1. The van der Waals surface area contributed by atoms with Crippen LogP contribution in [0.2, 0.25) is 0 Å². The minimum atomic E-state index is -0.173. The van der Waals surface area contributed by atoms with Crippen molar-refractivity contribution in [1.82, 2.24) is 15.2 Å². The van der Waals surface area contributed by atoms with Gasteiger partial charge in [0.05, 0.1) is 5.52 Å². The van der Waals surface area contributed by atoms with Gasteiger partial charge in [-0.2, -0.15) is 0 Å². The van der Waals surface area contributed by atoms with Crippen molar-refractivity contribution in [2.24, 2.45) is 5.92 Å². The molecule has 0 aliphatic carbocycles. The molecule has 2 aliphatic rings. The highest BCUT2D eigenvalue weighted by Gasteiger charge is 2.37. The molecule has 2 atom stereocenters. The second-order valence-corrected chi connectivity index (χ2v) is 7.21. The molecule has 2 saturated heterocycles. The summed E-state index contributed by atoms with van der Waals surface area (Å²) in [6.45, 7) is 3.26. The molecule has 0 bridgehead atoms. The van der Waals surface area contributed by atoms with E-state index in [1.807, 2.05) is 30.3 Å². The molecule has 138 valence electrons. The third-order valence-electron chi connectivity index (χ3n) is 5.56. The molecule has 6 heteroatoms. The van der Waals surface area contributed by atoms with Crippen molar-refractivity contribution in [3.63, 3.8) is 0 Å². The molecule has 3 heterocycles. The fourth-order valence-electron chi connectivity index (χ4n) is 4.04. The molecule has 6 nitrogen and oxygen atoms in total. The largest absolute Gasteiger partial charge is 0.396 e. The van der Waals surface area contributed by atoms with E-state index in [9.17, 15) is 9.90 Å². The van der Waals surface area contributed by atoms with E-state index < -0.39 is 0 Å². The van der Waals surface area contributed by atoms with Crippen molar-refractivity contribution >= 4 is 16.8 Å². The van der Waals surface area contributed by atoms with E-state index in [4.69, 9.17) is 4.74 Å². The van der Waals surface area contributed by atoms with Crippen molar-refractivity contribution in [3.8, 4) is 0 Å². The molecular formula is C20H25N3O3. The number of ether oxygens (including phenoxy) is 1. The summed E-state index contributed by atoms with van der Waals surface area (Å²) in [5, 5.41) is 13.9. The molecule has 1 aromatic heterocycles. The summed E-state index contributed by atoms with van der Waals surface area (Å²) >= 11 is 0. The predicted octanol–water partition coefficient (Wildman–Crippen LogP) is 1.44. The second kappa shape index (κ2) is 7.70. The molecule has 0 unspecified atom stereocenters. The number of amides is 1. The van der Waals surface area contributed by atoms with Gasteiger partial charge in [0, 0.05) is 56.3 Å². The van der Waals surface area contributed by atoms with E-state index in [-0.39, 0.29) is 24.5 Å². The average Bonchev–Trinajstić information content (AvgIpc) is 3.11. The maximum atomic E-state index is 12.7. The predicted molar refractivity (Wildman–Crippen MR) is 99.0 cm³/mol. The highest BCUT2D eigenvalue weighted by molar-refractivity contribution is 5.95. The zero-order valence-corrected chi connectivity index (χ0v) is 14.8. The van der Waals surface area contributed by atoms with Crippen molar-refractivity contribution in [2.45, 2.75) is 24.9 Å². The first kappa shape index (κ1) is 17.4. The molecule has 2 aromatic rings. The van der Waals surface area contributed by atoms with Gasteiger partial charge in [-0.15, -0.1) is 0 Å². The van der Waals surface area contributed by atoms with Crippen molar-refractivity contribution in [1.29, 1.82) is 0 Å². The number of carbonyl (C=O) groups is 1. The Morgan fingerprint density at radius 2 is 2.00 bits per heavy atom. The normalized spacial score (nSPS) is 24.8. The van der Waals surface area contributed by atoms with Gasteiger partial charge < -0.3 is 15.2 Å². The van der Waals surface area contributed by atoms with Crippen LogP contribution in [0.3, 0.4) is 0 Å². The minimum absolute atomic E-state index is 0.0522. The van der Waals surface area contributed by atoms with Crippen molar-refractivity contribution < 1.29 is 14.6 Å². The molecule has 2 aliphatic heterocycles. The van der Waals surface area contributed by atoms with Gasteiger partial charge in [0.1, 0.15) is 5.69 Å². The smallest absolute Gasteiger partial charge is 0.270 e. The fourth-order valence-corrected chi connectivity index (χ4v) is 4.04. The molecule has 0 spiro atoms. The Kier molecular flexibility index (Phi) is 5.15. The number of aliphatic hydroxyl groups excluding tert-OH is 1. The van der Waals surface area contributed by atoms with Gasteiger partial charge in [-0.1, -0.05) is 24.3 Å². The van der Waals surface area contributed by atoms with E-state index in [1.54, 1.807) is 6.07 Å². The number of carbonyl (C=O) groups excluding carboxylic acids is 1. The summed E-state index contributed by atoms with van der Waals surface area (Å²) in [5.41, 5.74) is 1.24. The molecule has 26 heavy (non-hydrogen) atoms.